The van der Waals surface area contributed by atoms with E-state index in [9.17, 15) is 9.90 Å². The summed E-state index contributed by atoms with van der Waals surface area (Å²) < 4.78 is 5.21. The SMILES string of the molecule is CCN(C(=O)/C=C/c1cnc(N(C)C)nc1)[C@H]1COC[C@@H]1O. The first-order valence-electron chi connectivity index (χ1n) is 7.26. The van der Waals surface area contributed by atoms with E-state index in [1.54, 1.807) is 28.3 Å². The molecule has 1 amide bonds. The van der Waals surface area contributed by atoms with Gasteiger partial charge in [0.1, 0.15) is 0 Å². The molecule has 7 heteroatoms. The summed E-state index contributed by atoms with van der Waals surface area (Å²) in [5.41, 5.74) is 0.748. The number of carbonyl (C=O) groups excluding carboxylic acids is 1. The Morgan fingerprint density at radius 1 is 1.41 bits per heavy atom. The third-order valence-electron chi connectivity index (χ3n) is 3.52. The Morgan fingerprint density at radius 3 is 2.59 bits per heavy atom. The van der Waals surface area contributed by atoms with E-state index in [1.165, 1.54) is 6.08 Å². The zero-order valence-electron chi connectivity index (χ0n) is 13.1. The van der Waals surface area contributed by atoms with E-state index >= 15 is 0 Å². The molecule has 0 bridgehead atoms. The number of hydrogen-bond acceptors (Lipinski definition) is 6. The van der Waals surface area contributed by atoms with Gasteiger partial charge in [0.05, 0.1) is 25.4 Å². The first kappa shape index (κ1) is 16.4. The molecule has 1 fully saturated rings. The fourth-order valence-electron chi connectivity index (χ4n) is 2.29. The van der Waals surface area contributed by atoms with Crippen molar-refractivity contribution in [3.8, 4) is 0 Å². The molecule has 1 aliphatic heterocycles. The molecule has 1 aromatic heterocycles. The van der Waals surface area contributed by atoms with Crippen LogP contribution in [0.4, 0.5) is 5.95 Å². The van der Waals surface area contributed by atoms with E-state index in [2.05, 4.69) is 9.97 Å². The third kappa shape index (κ3) is 3.80. The second-order valence-electron chi connectivity index (χ2n) is 5.34. The number of aliphatic hydroxyl groups is 1. The summed E-state index contributed by atoms with van der Waals surface area (Å²) in [4.78, 5) is 24.1. The Labute approximate surface area is 130 Å². The monoisotopic (exact) mass is 306 g/mol. The van der Waals surface area contributed by atoms with Crippen LogP contribution in [0.2, 0.25) is 0 Å². The van der Waals surface area contributed by atoms with Crippen LogP contribution in [0.25, 0.3) is 6.08 Å². The van der Waals surface area contributed by atoms with Crippen LogP contribution in [0.1, 0.15) is 12.5 Å². The van der Waals surface area contributed by atoms with Crippen molar-refractivity contribution >= 4 is 17.9 Å². The molecule has 2 rings (SSSR count). The van der Waals surface area contributed by atoms with Gasteiger partial charge in [0, 0.05) is 44.7 Å². The van der Waals surface area contributed by atoms with Crippen molar-refractivity contribution in [3.63, 3.8) is 0 Å². The highest BCUT2D eigenvalue weighted by Crippen LogP contribution is 2.14. The van der Waals surface area contributed by atoms with Gasteiger partial charge in [0.2, 0.25) is 11.9 Å². The molecule has 22 heavy (non-hydrogen) atoms. The fourth-order valence-corrected chi connectivity index (χ4v) is 2.29. The van der Waals surface area contributed by atoms with Crippen molar-refractivity contribution in [2.45, 2.75) is 19.1 Å². The molecule has 0 saturated carbocycles. The summed E-state index contributed by atoms with van der Waals surface area (Å²) in [6.45, 7) is 3.04. The molecule has 0 spiro atoms. The van der Waals surface area contributed by atoms with E-state index < -0.39 is 6.10 Å². The van der Waals surface area contributed by atoms with Gasteiger partial charge in [-0.3, -0.25) is 4.79 Å². The first-order valence-corrected chi connectivity index (χ1v) is 7.26. The van der Waals surface area contributed by atoms with Crippen molar-refractivity contribution < 1.29 is 14.6 Å². The standard InChI is InChI=1S/C15H22N4O3/c1-4-19(12-9-22-10-13(12)20)14(21)6-5-11-7-16-15(17-8-11)18(2)3/h5-8,12-13,20H,4,9-10H2,1-3H3/b6-5+/t12-,13-/m0/s1. The van der Waals surface area contributed by atoms with Crippen LogP contribution in [0.5, 0.6) is 0 Å². The molecule has 0 aromatic carbocycles. The normalized spacial score (nSPS) is 21.3. The van der Waals surface area contributed by atoms with Gasteiger partial charge in [-0.05, 0) is 13.0 Å². The summed E-state index contributed by atoms with van der Waals surface area (Å²) in [6, 6.07) is -0.283. The van der Waals surface area contributed by atoms with E-state index in [1.807, 2.05) is 21.0 Å². The number of ether oxygens (including phenoxy) is 1. The molecule has 7 nitrogen and oxygen atoms in total. The Kier molecular flexibility index (Phi) is 5.46. The minimum absolute atomic E-state index is 0.159. The lowest BCUT2D eigenvalue weighted by Crippen LogP contribution is -2.45. The number of aromatic nitrogens is 2. The average molecular weight is 306 g/mol. The molecule has 2 heterocycles. The molecule has 1 aromatic rings. The number of amides is 1. The Balaban J connectivity index is 2.02. The number of aliphatic hydroxyl groups excluding tert-OH is 1. The maximum absolute atomic E-state index is 12.3. The van der Waals surface area contributed by atoms with Crippen LogP contribution < -0.4 is 4.90 Å². The van der Waals surface area contributed by atoms with Gasteiger partial charge < -0.3 is 19.6 Å². The molecule has 1 aliphatic rings. The Bertz CT molecular complexity index is 530. The molecule has 120 valence electrons. The molecular weight excluding hydrogens is 284 g/mol. The average Bonchev–Trinajstić information content (AvgIpc) is 2.92. The lowest BCUT2D eigenvalue weighted by atomic mass is 10.1. The van der Waals surface area contributed by atoms with Crippen LogP contribution in [0.15, 0.2) is 18.5 Å². The lowest BCUT2D eigenvalue weighted by molar-refractivity contribution is -0.129. The zero-order valence-corrected chi connectivity index (χ0v) is 13.1. The predicted octanol–water partition coefficient (Wildman–Crippen LogP) is 0.164. The predicted molar refractivity (Wildman–Crippen MR) is 83.4 cm³/mol. The van der Waals surface area contributed by atoms with Crippen LogP contribution in [0.3, 0.4) is 0 Å². The summed E-state index contributed by atoms with van der Waals surface area (Å²) >= 11 is 0. The number of rotatable bonds is 5. The summed E-state index contributed by atoms with van der Waals surface area (Å²) in [5.74, 6) is 0.457. The summed E-state index contributed by atoms with van der Waals surface area (Å²) in [7, 11) is 3.73. The van der Waals surface area contributed by atoms with E-state index in [4.69, 9.17) is 4.74 Å². The van der Waals surface area contributed by atoms with Crippen LogP contribution in [-0.4, -0.2) is 71.9 Å². The van der Waals surface area contributed by atoms with Crippen molar-refractivity contribution in [1.82, 2.24) is 14.9 Å². The van der Waals surface area contributed by atoms with Crippen molar-refractivity contribution in [1.29, 1.82) is 0 Å². The number of carbonyl (C=O) groups is 1. The second-order valence-corrected chi connectivity index (χ2v) is 5.34. The highest BCUT2D eigenvalue weighted by Gasteiger charge is 2.32. The zero-order chi connectivity index (χ0) is 16.1. The lowest BCUT2D eigenvalue weighted by Gasteiger charge is -2.27. The molecule has 2 atom stereocenters. The van der Waals surface area contributed by atoms with Crippen LogP contribution in [-0.2, 0) is 9.53 Å². The Morgan fingerprint density at radius 2 is 2.09 bits per heavy atom. The quantitative estimate of drug-likeness (QED) is 0.781. The molecule has 1 N–H and O–H groups in total. The fraction of sp³-hybridized carbons (Fsp3) is 0.533. The van der Waals surface area contributed by atoms with Crippen molar-refractivity contribution in [2.24, 2.45) is 0 Å². The van der Waals surface area contributed by atoms with Gasteiger partial charge in [0.15, 0.2) is 0 Å². The van der Waals surface area contributed by atoms with Crippen LogP contribution >= 0.6 is 0 Å². The smallest absolute Gasteiger partial charge is 0.246 e. The van der Waals surface area contributed by atoms with Gasteiger partial charge in [-0.2, -0.15) is 0 Å². The van der Waals surface area contributed by atoms with E-state index in [0.717, 1.165) is 5.56 Å². The minimum Gasteiger partial charge on any atom is -0.388 e. The molecule has 1 saturated heterocycles. The van der Waals surface area contributed by atoms with E-state index in [0.29, 0.717) is 19.1 Å². The van der Waals surface area contributed by atoms with Gasteiger partial charge in [0.25, 0.3) is 0 Å². The molecular formula is C15H22N4O3. The summed E-state index contributed by atoms with van der Waals surface area (Å²) in [5, 5.41) is 9.84. The number of anilines is 1. The summed E-state index contributed by atoms with van der Waals surface area (Å²) in [6.07, 6.45) is 5.85. The van der Waals surface area contributed by atoms with E-state index in [-0.39, 0.29) is 18.6 Å². The molecule has 0 unspecified atom stereocenters. The van der Waals surface area contributed by atoms with Crippen molar-refractivity contribution in [2.75, 3.05) is 38.8 Å². The highest BCUT2D eigenvalue weighted by molar-refractivity contribution is 5.92. The van der Waals surface area contributed by atoms with Gasteiger partial charge in [-0.15, -0.1) is 0 Å². The largest absolute Gasteiger partial charge is 0.388 e. The minimum atomic E-state index is -0.625. The van der Waals surface area contributed by atoms with Crippen molar-refractivity contribution in [3.05, 3.63) is 24.0 Å². The van der Waals surface area contributed by atoms with Crippen LogP contribution in [0, 0.1) is 0 Å². The Hall–Kier alpha value is -1.99. The molecule has 0 radical (unpaired) electrons. The van der Waals surface area contributed by atoms with Gasteiger partial charge >= 0.3 is 0 Å². The number of nitrogens with zero attached hydrogens (tertiary/aromatic N) is 4. The molecule has 0 aliphatic carbocycles. The number of likely N-dealkylation sites (N-methyl/N-ethyl adjacent to an activating group) is 1. The highest BCUT2D eigenvalue weighted by atomic mass is 16.5. The topological polar surface area (TPSA) is 78.8 Å². The maximum atomic E-state index is 12.3. The number of hydrogen-bond donors (Lipinski definition) is 1. The van der Waals surface area contributed by atoms with Gasteiger partial charge in [-0.1, -0.05) is 0 Å². The van der Waals surface area contributed by atoms with Gasteiger partial charge in [-0.25, -0.2) is 9.97 Å². The maximum Gasteiger partial charge on any atom is 0.246 e. The first-order chi connectivity index (χ1) is 10.5. The second kappa shape index (κ2) is 7.33. The third-order valence-corrected chi connectivity index (χ3v) is 3.52.